The summed E-state index contributed by atoms with van der Waals surface area (Å²) in [7, 11) is 0. The van der Waals surface area contributed by atoms with E-state index in [-0.39, 0.29) is 5.56 Å². The Morgan fingerprint density at radius 2 is 2.29 bits per heavy atom. The highest BCUT2D eigenvalue weighted by molar-refractivity contribution is 5.94. The number of carboxylic acids is 1. The van der Waals surface area contributed by atoms with Crippen molar-refractivity contribution in [2.45, 2.75) is 19.8 Å². The number of anilines is 2. The number of aromatic carboxylic acids is 1. The van der Waals surface area contributed by atoms with E-state index in [1.807, 2.05) is 6.07 Å². The van der Waals surface area contributed by atoms with Gasteiger partial charge in [0.25, 0.3) is 0 Å². The summed E-state index contributed by atoms with van der Waals surface area (Å²) < 4.78 is 0. The third-order valence-electron chi connectivity index (χ3n) is 3.34. The van der Waals surface area contributed by atoms with Crippen LogP contribution in [-0.2, 0) is 0 Å². The molecular weight excluding hydrogens is 216 g/mol. The van der Waals surface area contributed by atoms with E-state index in [2.05, 4.69) is 12.2 Å². The van der Waals surface area contributed by atoms with Crippen LogP contribution < -0.4 is 11.1 Å². The number of carboxylic acid groups (broad SMARTS) is 1. The first-order valence-corrected chi connectivity index (χ1v) is 5.94. The lowest BCUT2D eigenvalue weighted by molar-refractivity contribution is 0.0698. The van der Waals surface area contributed by atoms with Gasteiger partial charge in [-0.05, 0) is 42.9 Å². The normalized spacial score (nSPS) is 16.5. The molecule has 1 aliphatic rings. The molecule has 0 radical (unpaired) electrons. The molecular formula is C13H18N2O2. The second-order valence-electron chi connectivity index (χ2n) is 4.80. The van der Waals surface area contributed by atoms with Gasteiger partial charge in [-0.2, -0.15) is 0 Å². The number of benzene rings is 1. The molecule has 1 unspecified atom stereocenters. The number of nitrogen functional groups attached to an aromatic ring is 1. The van der Waals surface area contributed by atoms with Crippen LogP contribution in [0.2, 0.25) is 0 Å². The zero-order valence-corrected chi connectivity index (χ0v) is 9.94. The van der Waals surface area contributed by atoms with Gasteiger partial charge in [0.15, 0.2) is 0 Å². The maximum atomic E-state index is 10.9. The van der Waals surface area contributed by atoms with Gasteiger partial charge < -0.3 is 16.2 Å². The highest BCUT2D eigenvalue weighted by Crippen LogP contribution is 2.36. The van der Waals surface area contributed by atoms with Gasteiger partial charge in [0, 0.05) is 17.9 Å². The lowest BCUT2D eigenvalue weighted by atomic mass is 10.1. The van der Waals surface area contributed by atoms with Crippen molar-refractivity contribution in [3.8, 4) is 0 Å². The second-order valence-corrected chi connectivity index (χ2v) is 4.80. The number of hydrogen-bond acceptors (Lipinski definition) is 3. The van der Waals surface area contributed by atoms with Gasteiger partial charge in [-0.3, -0.25) is 0 Å². The molecule has 17 heavy (non-hydrogen) atoms. The zero-order valence-electron chi connectivity index (χ0n) is 9.94. The van der Waals surface area contributed by atoms with Gasteiger partial charge in [0.2, 0.25) is 0 Å². The van der Waals surface area contributed by atoms with Crippen LogP contribution >= 0.6 is 0 Å². The maximum Gasteiger partial charge on any atom is 0.337 e. The first kappa shape index (κ1) is 11.8. The molecule has 0 aliphatic heterocycles. The quantitative estimate of drug-likeness (QED) is 0.684. The zero-order chi connectivity index (χ0) is 12.4. The van der Waals surface area contributed by atoms with Crippen LogP contribution in [-0.4, -0.2) is 17.6 Å². The number of rotatable bonds is 5. The average molecular weight is 234 g/mol. The molecule has 4 nitrogen and oxygen atoms in total. The van der Waals surface area contributed by atoms with Gasteiger partial charge in [0.05, 0.1) is 5.56 Å². The van der Waals surface area contributed by atoms with Crippen LogP contribution in [0.1, 0.15) is 30.1 Å². The van der Waals surface area contributed by atoms with Gasteiger partial charge in [0.1, 0.15) is 0 Å². The van der Waals surface area contributed by atoms with Crippen molar-refractivity contribution in [2.75, 3.05) is 17.6 Å². The Kier molecular flexibility index (Phi) is 3.22. The lowest BCUT2D eigenvalue weighted by Gasteiger charge is -2.13. The predicted octanol–water partition coefficient (Wildman–Crippen LogP) is 2.43. The Labute approximate surface area is 101 Å². The lowest BCUT2D eigenvalue weighted by Crippen LogP contribution is -2.13. The second kappa shape index (κ2) is 4.65. The van der Waals surface area contributed by atoms with E-state index in [1.165, 1.54) is 12.8 Å². The van der Waals surface area contributed by atoms with E-state index < -0.39 is 5.97 Å². The third-order valence-corrected chi connectivity index (χ3v) is 3.34. The summed E-state index contributed by atoms with van der Waals surface area (Å²) in [6, 6.07) is 5.05. The van der Waals surface area contributed by atoms with E-state index in [4.69, 9.17) is 10.8 Å². The summed E-state index contributed by atoms with van der Waals surface area (Å²) in [5.74, 6) is 0.498. The molecule has 0 bridgehead atoms. The predicted molar refractivity (Wildman–Crippen MR) is 68.2 cm³/mol. The molecule has 0 spiro atoms. The maximum absolute atomic E-state index is 10.9. The Bertz CT molecular complexity index is 427. The summed E-state index contributed by atoms with van der Waals surface area (Å²) in [6.07, 6.45) is 2.65. The Hall–Kier alpha value is -1.71. The number of nitrogens with one attached hydrogen (secondary N) is 1. The van der Waals surface area contributed by atoms with Crippen molar-refractivity contribution in [3.63, 3.8) is 0 Å². The van der Waals surface area contributed by atoms with Gasteiger partial charge >= 0.3 is 5.97 Å². The van der Waals surface area contributed by atoms with E-state index >= 15 is 0 Å². The molecule has 1 aliphatic carbocycles. The van der Waals surface area contributed by atoms with Crippen molar-refractivity contribution < 1.29 is 9.90 Å². The summed E-state index contributed by atoms with van der Waals surface area (Å²) >= 11 is 0. The fourth-order valence-corrected chi connectivity index (χ4v) is 1.96. The van der Waals surface area contributed by atoms with E-state index in [0.29, 0.717) is 11.6 Å². The first-order valence-electron chi connectivity index (χ1n) is 5.94. The molecule has 1 saturated carbocycles. The van der Waals surface area contributed by atoms with Crippen molar-refractivity contribution in [2.24, 2.45) is 11.8 Å². The summed E-state index contributed by atoms with van der Waals surface area (Å²) in [5.41, 5.74) is 6.88. The molecule has 1 aromatic rings. The highest BCUT2D eigenvalue weighted by atomic mass is 16.4. The minimum absolute atomic E-state index is 0.161. The molecule has 0 amide bonds. The van der Waals surface area contributed by atoms with Gasteiger partial charge in [-0.1, -0.05) is 6.92 Å². The standard InChI is InChI=1S/C13H18N2O2/c1-8(9-2-3-9)7-15-10-4-5-12(14)11(6-10)13(16)17/h4-6,8-9,15H,2-3,7,14H2,1H3,(H,16,17). The van der Waals surface area contributed by atoms with E-state index in [0.717, 1.165) is 18.2 Å². The number of carbonyl (C=O) groups is 1. The van der Waals surface area contributed by atoms with Crippen molar-refractivity contribution in [1.82, 2.24) is 0 Å². The number of hydrogen-bond donors (Lipinski definition) is 3. The van der Waals surface area contributed by atoms with Gasteiger partial charge in [-0.15, -0.1) is 0 Å². The number of nitrogens with two attached hydrogens (primary N) is 1. The molecule has 0 aromatic heterocycles. The van der Waals surface area contributed by atoms with E-state index in [1.54, 1.807) is 12.1 Å². The molecule has 1 aromatic carbocycles. The molecule has 0 saturated heterocycles. The molecule has 2 rings (SSSR count). The highest BCUT2D eigenvalue weighted by Gasteiger charge is 2.27. The fraction of sp³-hybridized carbons (Fsp3) is 0.462. The monoisotopic (exact) mass is 234 g/mol. The average Bonchev–Trinajstić information content (AvgIpc) is 3.11. The van der Waals surface area contributed by atoms with Crippen LogP contribution in [0.5, 0.6) is 0 Å². The van der Waals surface area contributed by atoms with Crippen LogP contribution in [0, 0.1) is 11.8 Å². The van der Waals surface area contributed by atoms with Crippen LogP contribution in [0.3, 0.4) is 0 Å². The summed E-state index contributed by atoms with van der Waals surface area (Å²) in [5, 5.41) is 12.2. The Morgan fingerprint density at radius 1 is 1.59 bits per heavy atom. The molecule has 92 valence electrons. The van der Waals surface area contributed by atoms with Crippen LogP contribution in [0.15, 0.2) is 18.2 Å². The minimum Gasteiger partial charge on any atom is -0.478 e. The van der Waals surface area contributed by atoms with Crippen LogP contribution in [0.25, 0.3) is 0 Å². The van der Waals surface area contributed by atoms with Crippen molar-refractivity contribution >= 4 is 17.3 Å². The molecule has 1 atom stereocenters. The molecule has 4 heteroatoms. The fourth-order valence-electron chi connectivity index (χ4n) is 1.96. The Balaban J connectivity index is 2.00. The Morgan fingerprint density at radius 3 is 2.88 bits per heavy atom. The summed E-state index contributed by atoms with van der Waals surface area (Å²) in [6.45, 7) is 3.10. The van der Waals surface area contributed by atoms with Crippen molar-refractivity contribution in [3.05, 3.63) is 23.8 Å². The van der Waals surface area contributed by atoms with E-state index in [9.17, 15) is 4.79 Å². The smallest absolute Gasteiger partial charge is 0.337 e. The molecule has 1 fully saturated rings. The minimum atomic E-state index is -0.985. The van der Waals surface area contributed by atoms with Crippen LogP contribution in [0.4, 0.5) is 11.4 Å². The topological polar surface area (TPSA) is 75.3 Å². The largest absolute Gasteiger partial charge is 0.478 e. The summed E-state index contributed by atoms with van der Waals surface area (Å²) in [4.78, 5) is 10.9. The van der Waals surface area contributed by atoms with Gasteiger partial charge in [-0.25, -0.2) is 4.79 Å². The molecule has 4 N–H and O–H groups in total. The first-order chi connectivity index (χ1) is 8.08. The SMILES string of the molecule is CC(CNc1ccc(N)c(C(=O)O)c1)C1CC1. The van der Waals surface area contributed by atoms with Crippen molar-refractivity contribution in [1.29, 1.82) is 0 Å². The molecule has 0 heterocycles. The third kappa shape index (κ3) is 2.90.